The number of ether oxygens (including phenoxy) is 2. The monoisotopic (exact) mass is 248 g/mol. The van der Waals surface area contributed by atoms with E-state index in [0.29, 0.717) is 23.3 Å². The maximum Gasteiger partial charge on any atom is 0.224 e. The molecule has 0 spiro atoms. The Labute approximate surface area is 106 Å². The summed E-state index contributed by atoms with van der Waals surface area (Å²) in [4.78, 5) is 0. The molecular weight excluding hydrogens is 232 g/mol. The molecule has 0 unspecified atom stereocenters. The Morgan fingerprint density at radius 2 is 1.72 bits per heavy atom. The van der Waals surface area contributed by atoms with Gasteiger partial charge in [0, 0.05) is 14.1 Å². The summed E-state index contributed by atoms with van der Waals surface area (Å²) in [5.74, 6) is 2.77. The highest BCUT2D eigenvalue weighted by atomic mass is 16.5. The van der Waals surface area contributed by atoms with Crippen LogP contribution in [-0.4, -0.2) is 36.0 Å². The van der Waals surface area contributed by atoms with Gasteiger partial charge in [-0.2, -0.15) is 0 Å². The van der Waals surface area contributed by atoms with Crippen LogP contribution in [0.25, 0.3) is 11.4 Å². The Bertz CT molecular complexity index is 529. The van der Waals surface area contributed by atoms with Crippen LogP contribution in [0.3, 0.4) is 0 Å². The van der Waals surface area contributed by atoms with Crippen LogP contribution in [0, 0.1) is 0 Å². The molecule has 1 aromatic heterocycles. The first-order chi connectivity index (χ1) is 8.72. The number of aromatic nitrogens is 3. The summed E-state index contributed by atoms with van der Waals surface area (Å²) >= 11 is 0. The van der Waals surface area contributed by atoms with Gasteiger partial charge in [-0.15, -0.1) is 10.2 Å². The third kappa shape index (κ3) is 1.85. The summed E-state index contributed by atoms with van der Waals surface area (Å²) in [5, 5.41) is 11.2. The van der Waals surface area contributed by atoms with Gasteiger partial charge >= 0.3 is 0 Å². The summed E-state index contributed by atoms with van der Waals surface area (Å²) in [5.41, 5.74) is 0.791. The topological polar surface area (TPSA) is 61.2 Å². The van der Waals surface area contributed by atoms with E-state index in [-0.39, 0.29) is 0 Å². The Balaban J connectivity index is 2.65. The molecule has 1 aromatic carbocycles. The predicted molar refractivity (Wildman–Crippen MR) is 69.1 cm³/mol. The van der Waals surface area contributed by atoms with Gasteiger partial charge in [0.15, 0.2) is 5.82 Å². The molecule has 18 heavy (non-hydrogen) atoms. The van der Waals surface area contributed by atoms with Crippen molar-refractivity contribution in [3.05, 3.63) is 18.2 Å². The molecule has 0 aliphatic rings. The maximum absolute atomic E-state index is 5.36. The number of methoxy groups -OCH3 is 2. The lowest BCUT2D eigenvalue weighted by atomic mass is 10.1. The van der Waals surface area contributed by atoms with Crippen LogP contribution >= 0.6 is 0 Å². The molecule has 1 N–H and O–H groups in total. The molecule has 0 bridgehead atoms. The van der Waals surface area contributed by atoms with Crippen molar-refractivity contribution in [2.45, 2.75) is 0 Å². The highest BCUT2D eigenvalue weighted by Gasteiger charge is 2.18. The highest BCUT2D eigenvalue weighted by molar-refractivity contribution is 5.72. The highest BCUT2D eigenvalue weighted by Crippen LogP contribution is 2.37. The van der Waals surface area contributed by atoms with Crippen molar-refractivity contribution < 1.29 is 9.47 Å². The maximum atomic E-state index is 5.36. The average molecular weight is 248 g/mol. The summed E-state index contributed by atoms with van der Waals surface area (Å²) in [6, 6.07) is 5.60. The van der Waals surface area contributed by atoms with Gasteiger partial charge < -0.3 is 14.8 Å². The van der Waals surface area contributed by atoms with Crippen molar-refractivity contribution >= 4 is 5.95 Å². The molecule has 0 aliphatic heterocycles. The van der Waals surface area contributed by atoms with Gasteiger partial charge in [0.1, 0.15) is 17.1 Å². The number of nitrogens with zero attached hydrogens (tertiary/aromatic N) is 3. The first-order valence-electron chi connectivity index (χ1n) is 5.51. The molecular formula is C12H16N4O2. The number of hydrogen-bond acceptors (Lipinski definition) is 5. The van der Waals surface area contributed by atoms with Gasteiger partial charge in [0.05, 0.1) is 14.2 Å². The average Bonchev–Trinajstić information content (AvgIpc) is 2.78. The van der Waals surface area contributed by atoms with Gasteiger partial charge in [-0.25, -0.2) is 0 Å². The van der Waals surface area contributed by atoms with Gasteiger partial charge in [-0.05, 0) is 12.1 Å². The van der Waals surface area contributed by atoms with Crippen LogP contribution in [0.1, 0.15) is 0 Å². The van der Waals surface area contributed by atoms with Crippen molar-refractivity contribution in [2.75, 3.05) is 26.6 Å². The van der Waals surface area contributed by atoms with E-state index in [4.69, 9.17) is 9.47 Å². The molecule has 0 atom stereocenters. The van der Waals surface area contributed by atoms with Crippen molar-refractivity contribution in [3.63, 3.8) is 0 Å². The fourth-order valence-corrected chi connectivity index (χ4v) is 1.84. The summed E-state index contributed by atoms with van der Waals surface area (Å²) in [6.45, 7) is 0. The Kier molecular flexibility index (Phi) is 3.36. The SMILES string of the molecule is CNc1nnc(-c2c(OC)cccc2OC)n1C. The molecule has 2 rings (SSSR count). The summed E-state index contributed by atoms with van der Waals surface area (Å²) in [6.07, 6.45) is 0. The molecule has 0 aliphatic carbocycles. The third-order valence-corrected chi connectivity index (χ3v) is 2.75. The van der Waals surface area contributed by atoms with Crippen LogP contribution in [0.5, 0.6) is 11.5 Å². The predicted octanol–water partition coefficient (Wildman–Crippen LogP) is 1.54. The molecule has 0 saturated carbocycles. The largest absolute Gasteiger partial charge is 0.496 e. The van der Waals surface area contributed by atoms with Crippen molar-refractivity contribution in [2.24, 2.45) is 7.05 Å². The van der Waals surface area contributed by atoms with Crippen LogP contribution < -0.4 is 14.8 Å². The Hall–Kier alpha value is -2.24. The second kappa shape index (κ2) is 4.95. The molecule has 0 saturated heterocycles. The molecule has 0 fully saturated rings. The lowest BCUT2D eigenvalue weighted by Gasteiger charge is -2.12. The van der Waals surface area contributed by atoms with Crippen LogP contribution in [0.4, 0.5) is 5.95 Å². The lowest BCUT2D eigenvalue weighted by molar-refractivity contribution is 0.396. The van der Waals surface area contributed by atoms with Crippen molar-refractivity contribution in [1.82, 2.24) is 14.8 Å². The molecule has 6 heteroatoms. The Morgan fingerprint density at radius 1 is 1.11 bits per heavy atom. The third-order valence-electron chi connectivity index (χ3n) is 2.75. The fourth-order valence-electron chi connectivity index (χ4n) is 1.84. The quantitative estimate of drug-likeness (QED) is 0.889. The minimum atomic E-state index is 0.679. The van der Waals surface area contributed by atoms with E-state index >= 15 is 0 Å². The van der Waals surface area contributed by atoms with Gasteiger partial charge in [0.25, 0.3) is 0 Å². The minimum absolute atomic E-state index is 0.679. The van der Waals surface area contributed by atoms with Gasteiger partial charge in [-0.1, -0.05) is 6.07 Å². The summed E-state index contributed by atoms with van der Waals surface area (Å²) < 4.78 is 12.6. The van der Waals surface area contributed by atoms with Gasteiger partial charge in [-0.3, -0.25) is 4.57 Å². The fraction of sp³-hybridized carbons (Fsp3) is 0.333. The molecule has 96 valence electrons. The van der Waals surface area contributed by atoms with Crippen molar-refractivity contribution in [1.29, 1.82) is 0 Å². The minimum Gasteiger partial charge on any atom is -0.496 e. The second-order valence-electron chi connectivity index (χ2n) is 3.69. The lowest BCUT2D eigenvalue weighted by Crippen LogP contribution is -2.01. The molecule has 2 aromatic rings. The van der Waals surface area contributed by atoms with E-state index in [1.54, 1.807) is 21.3 Å². The zero-order chi connectivity index (χ0) is 13.1. The van der Waals surface area contributed by atoms with Gasteiger partial charge in [0.2, 0.25) is 5.95 Å². The number of benzene rings is 1. The first kappa shape index (κ1) is 12.2. The molecule has 0 radical (unpaired) electrons. The van der Waals surface area contributed by atoms with Crippen LogP contribution in [0.2, 0.25) is 0 Å². The second-order valence-corrected chi connectivity index (χ2v) is 3.69. The zero-order valence-electron chi connectivity index (χ0n) is 10.9. The van der Waals surface area contributed by atoms with Crippen LogP contribution in [-0.2, 0) is 7.05 Å². The number of hydrogen-bond donors (Lipinski definition) is 1. The summed E-state index contributed by atoms with van der Waals surface area (Å²) in [7, 11) is 6.92. The Morgan fingerprint density at radius 3 is 2.17 bits per heavy atom. The van der Waals surface area contributed by atoms with Crippen molar-refractivity contribution in [3.8, 4) is 22.9 Å². The molecule has 1 heterocycles. The normalized spacial score (nSPS) is 10.2. The first-order valence-corrected chi connectivity index (χ1v) is 5.51. The smallest absolute Gasteiger partial charge is 0.224 e. The molecule has 6 nitrogen and oxygen atoms in total. The van der Waals surface area contributed by atoms with E-state index in [1.807, 2.05) is 29.8 Å². The van der Waals surface area contributed by atoms with E-state index in [9.17, 15) is 0 Å². The zero-order valence-corrected chi connectivity index (χ0v) is 10.9. The van der Waals surface area contributed by atoms with E-state index in [1.165, 1.54) is 0 Å². The molecule has 0 amide bonds. The van der Waals surface area contributed by atoms with Crippen LogP contribution in [0.15, 0.2) is 18.2 Å². The van der Waals surface area contributed by atoms with E-state index in [0.717, 1.165) is 5.56 Å². The number of anilines is 1. The van der Waals surface area contributed by atoms with E-state index < -0.39 is 0 Å². The number of nitrogens with one attached hydrogen (secondary N) is 1. The number of rotatable bonds is 4. The van der Waals surface area contributed by atoms with E-state index in [2.05, 4.69) is 15.5 Å². The standard InChI is InChI=1S/C12H16N4O2/c1-13-12-15-14-11(16(12)2)10-8(17-3)6-5-7-9(10)18-4/h5-7H,1-4H3,(H,13,15).